The van der Waals surface area contributed by atoms with E-state index in [2.05, 4.69) is 36.5 Å². The number of hydrogen-bond donors (Lipinski definition) is 1. The van der Waals surface area contributed by atoms with Gasteiger partial charge in [0.05, 0.1) is 6.54 Å². The molecule has 1 aromatic carbocycles. The van der Waals surface area contributed by atoms with E-state index < -0.39 is 0 Å². The number of fused-ring (bicyclic) bond motifs is 1. The van der Waals surface area contributed by atoms with E-state index in [4.69, 9.17) is 13.9 Å². The molecule has 4 nitrogen and oxygen atoms in total. The molecule has 0 saturated heterocycles. The van der Waals surface area contributed by atoms with Crippen LogP contribution in [0.4, 0.5) is 0 Å². The van der Waals surface area contributed by atoms with Gasteiger partial charge in [-0.15, -0.1) is 0 Å². The summed E-state index contributed by atoms with van der Waals surface area (Å²) in [7, 11) is 0. The van der Waals surface area contributed by atoms with E-state index in [1.807, 2.05) is 6.07 Å². The normalized spacial score (nSPS) is 25.6. The van der Waals surface area contributed by atoms with Crippen molar-refractivity contribution in [1.29, 1.82) is 0 Å². The van der Waals surface area contributed by atoms with E-state index in [-0.39, 0.29) is 0 Å². The second kappa shape index (κ2) is 6.10. The maximum atomic E-state index is 6.05. The zero-order valence-electron chi connectivity index (χ0n) is 14.7. The van der Waals surface area contributed by atoms with Crippen LogP contribution >= 0.6 is 0 Å². The van der Waals surface area contributed by atoms with Gasteiger partial charge in [-0.3, -0.25) is 0 Å². The zero-order chi connectivity index (χ0) is 16.8. The smallest absolute Gasteiger partial charge is 0.161 e. The average Bonchev–Trinajstić information content (AvgIpc) is 3.55. The van der Waals surface area contributed by atoms with Crippen LogP contribution in [0.5, 0.6) is 11.5 Å². The molecular formula is C21H25NO3. The highest BCUT2D eigenvalue weighted by molar-refractivity contribution is 5.45. The highest BCUT2D eigenvalue weighted by Crippen LogP contribution is 2.47. The fraction of sp³-hybridized carbons (Fsp3) is 0.524. The Hall–Kier alpha value is -1.94. The number of hydrogen-bond acceptors (Lipinski definition) is 4. The number of rotatable bonds is 6. The van der Waals surface area contributed by atoms with Gasteiger partial charge in [0.1, 0.15) is 24.7 Å². The highest BCUT2D eigenvalue weighted by Gasteiger charge is 2.37. The van der Waals surface area contributed by atoms with Crippen molar-refractivity contribution in [3.63, 3.8) is 0 Å². The first-order valence-corrected chi connectivity index (χ1v) is 9.49. The first kappa shape index (κ1) is 15.3. The molecule has 1 aromatic heterocycles. The molecule has 0 bridgehead atoms. The molecule has 132 valence electrons. The van der Waals surface area contributed by atoms with E-state index in [0.717, 1.165) is 35.5 Å². The van der Waals surface area contributed by atoms with Crippen molar-refractivity contribution in [2.45, 2.75) is 44.7 Å². The summed E-state index contributed by atoms with van der Waals surface area (Å²) in [6.45, 7) is 4.33. The minimum atomic E-state index is 0.351. The molecule has 1 N–H and O–H groups in total. The van der Waals surface area contributed by atoms with E-state index in [0.29, 0.717) is 31.1 Å². The molecule has 3 atom stereocenters. The molecule has 2 fully saturated rings. The fourth-order valence-electron chi connectivity index (χ4n) is 3.86. The molecule has 5 rings (SSSR count). The van der Waals surface area contributed by atoms with E-state index >= 15 is 0 Å². The van der Waals surface area contributed by atoms with E-state index in [9.17, 15) is 0 Å². The van der Waals surface area contributed by atoms with Crippen molar-refractivity contribution < 1.29 is 13.9 Å². The van der Waals surface area contributed by atoms with E-state index in [1.54, 1.807) is 0 Å². The third-order valence-corrected chi connectivity index (χ3v) is 5.67. The van der Waals surface area contributed by atoms with Crippen LogP contribution in [0, 0.1) is 11.8 Å². The van der Waals surface area contributed by atoms with Crippen LogP contribution in [0.1, 0.15) is 55.2 Å². The largest absolute Gasteiger partial charge is 0.486 e. The van der Waals surface area contributed by atoms with Gasteiger partial charge in [-0.25, -0.2) is 0 Å². The number of ether oxygens (including phenoxy) is 2. The Morgan fingerprint density at radius 2 is 1.88 bits per heavy atom. The second-order valence-electron chi connectivity index (χ2n) is 7.72. The molecule has 2 aromatic rings. The summed E-state index contributed by atoms with van der Waals surface area (Å²) in [5.74, 6) is 6.07. The second-order valence-corrected chi connectivity index (χ2v) is 7.72. The Balaban J connectivity index is 1.29. The summed E-state index contributed by atoms with van der Waals surface area (Å²) in [5, 5.41) is 3.71. The molecule has 2 aliphatic carbocycles. The molecule has 2 heterocycles. The predicted octanol–water partition coefficient (Wildman–Crippen LogP) is 4.42. The SMILES string of the molecule is CC1CC1c1ccc(CNC(c2ccc3c(c2)OCCO3)C2CC2)o1. The number of furan rings is 1. The first-order valence-electron chi connectivity index (χ1n) is 9.49. The van der Waals surface area contributed by atoms with Crippen molar-refractivity contribution in [2.75, 3.05) is 13.2 Å². The Morgan fingerprint density at radius 1 is 1.08 bits per heavy atom. The van der Waals surface area contributed by atoms with Crippen LogP contribution in [0.15, 0.2) is 34.7 Å². The zero-order valence-corrected chi connectivity index (χ0v) is 14.7. The van der Waals surface area contributed by atoms with Crippen molar-refractivity contribution >= 4 is 0 Å². The van der Waals surface area contributed by atoms with Crippen molar-refractivity contribution in [3.05, 3.63) is 47.4 Å². The first-order chi connectivity index (χ1) is 12.3. The van der Waals surface area contributed by atoms with Crippen LogP contribution in [0.25, 0.3) is 0 Å². The van der Waals surface area contributed by atoms with Crippen LogP contribution in [-0.2, 0) is 6.54 Å². The summed E-state index contributed by atoms with van der Waals surface area (Å²) < 4.78 is 17.4. The minimum absolute atomic E-state index is 0.351. The molecule has 3 unspecified atom stereocenters. The van der Waals surface area contributed by atoms with Crippen LogP contribution in [0.2, 0.25) is 0 Å². The highest BCUT2D eigenvalue weighted by atomic mass is 16.6. The monoisotopic (exact) mass is 339 g/mol. The van der Waals surface area contributed by atoms with Gasteiger partial charge in [0.2, 0.25) is 0 Å². The maximum absolute atomic E-state index is 6.05. The lowest BCUT2D eigenvalue weighted by atomic mass is 10.0. The lowest BCUT2D eigenvalue weighted by Crippen LogP contribution is -2.23. The fourth-order valence-corrected chi connectivity index (χ4v) is 3.86. The summed E-state index contributed by atoms with van der Waals surface area (Å²) in [6, 6.07) is 11.0. The van der Waals surface area contributed by atoms with Gasteiger partial charge in [-0.2, -0.15) is 0 Å². The van der Waals surface area contributed by atoms with E-state index in [1.165, 1.54) is 24.8 Å². The average molecular weight is 339 g/mol. The summed E-state index contributed by atoms with van der Waals surface area (Å²) >= 11 is 0. The number of nitrogens with one attached hydrogen (secondary N) is 1. The van der Waals surface area contributed by atoms with Gasteiger partial charge < -0.3 is 19.2 Å². The summed E-state index contributed by atoms with van der Waals surface area (Å²) in [5.41, 5.74) is 1.29. The maximum Gasteiger partial charge on any atom is 0.161 e. The predicted molar refractivity (Wildman–Crippen MR) is 95.0 cm³/mol. The third-order valence-electron chi connectivity index (χ3n) is 5.67. The summed E-state index contributed by atoms with van der Waals surface area (Å²) in [6.07, 6.45) is 3.84. The topological polar surface area (TPSA) is 43.6 Å². The summed E-state index contributed by atoms with van der Waals surface area (Å²) in [4.78, 5) is 0. The quantitative estimate of drug-likeness (QED) is 0.846. The molecule has 1 aliphatic heterocycles. The Bertz CT molecular complexity index is 764. The van der Waals surface area contributed by atoms with Crippen LogP contribution < -0.4 is 14.8 Å². The molecule has 0 spiro atoms. The van der Waals surface area contributed by atoms with Crippen LogP contribution in [0.3, 0.4) is 0 Å². The van der Waals surface area contributed by atoms with Crippen molar-refractivity contribution in [2.24, 2.45) is 11.8 Å². The Morgan fingerprint density at radius 3 is 2.64 bits per heavy atom. The molecule has 0 radical (unpaired) electrons. The van der Waals surface area contributed by atoms with Gasteiger partial charge >= 0.3 is 0 Å². The van der Waals surface area contributed by atoms with Crippen LogP contribution in [-0.4, -0.2) is 13.2 Å². The molecule has 3 aliphatic rings. The van der Waals surface area contributed by atoms with Gasteiger partial charge in [0.15, 0.2) is 11.5 Å². The van der Waals surface area contributed by atoms with Crippen molar-refractivity contribution in [1.82, 2.24) is 5.32 Å². The van der Waals surface area contributed by atoms with Crippen molar-refractivity contribution in [3.8, 4) is 11.5 Å². The van der Waals surface area contributed by atoms with Gasteiger partial charge in [-0.05, 0) is 60.9 Å². The molecular weight excluding hydrogens is 314 g/mol. The van der Waals surface area contributed by atoms with Gasteiger partial charge in [-0.1, -0.05) is 13.0 Å². The lowest BCUT2D eigenvalue weighted by Gasteiger charge is -2.23. The number of benzene rings is 1. The molecule has 4 heteroatoms. The minimum Gasteiger partial charge on any atom is -0.486 e. The van der Waals surface area contributed by atoms with Gasteiger partial charge in [0, 0.05) is 12.0 Å². The molecule has 0 amide bonds. The third kappa shape index (κ3) is 3.15. The molecule has 25 heavy (non-hydrogen) atoms. The Kier molecular flexibility index (Phi) is 3.74. The lowest BCUT2D eigenvalue weighted by molar-refractivity contribution is 0.171. The molecule has 2 saturated carbocycles. The Labute approximate surface area is 148 Å². The van der Waals surface area contributed by atoms with Gasteiger partial charge in [0.25, 0.3) is 0 Å². The standard InChI is InChI=1S/C21H25NO3/c1-13-10-17(13)18-7-5-16(25-18)12-22-21(14-2-3-14)15-4-6-19-20(11-15)24-9-8-23-19/h4-7,11,13-14,17,21-22H,2-3,8-10,12H2,1H3.